The van der Waals surface area contributed by atoms with Crippen LogP contribution in [-0.4, -0.2) is 27.3 Å². The third-order valence-corrected chi connectivity index (χ3v) is 4.43. The summed E-state index contributed by atoms with van der Waals surface area (Å²) in [5.41, 5.74) is 2.22. The van der Waals surface area contributed by atoms with Crippen LogP contribution in [0.5, 0.6) is 5.75 Å². The largest absolute Gasteiger partial charge is 0.508 e. The molecular weight excluding hydrogens is 340 g/mol. The van der Waals surface area contributed by atoms with Crippen molar-refractivity contribution in [3.63, 3.8) is 0 Å². The van der Waals surface area contributed by atoms with Gasteiger partial charge >= 0.3 is 5.97 Å². The normalized spacial score (nSPS) is 17.1. The van der Waals surface area contributed by atoms with E-state index in [9.17, 15) is 14.7 Å². The summed E-state index contributed by atoms with van der Waals surface area (Å²) in [6, 6.07) is 11.1. The number of benzene rings is 2. The highest BCUT2D eigenvalue weighted by Crippen LogP contribution is 2.29. The second-order valence-corrected chi connectivity index (χ2v) is 6.41. The Hall–Kier alpha value is -3.06. The van der Waals surface area contributed by atoms with Gasteiger partial charge in [0.15, 0.2) is 5.17 Å². The first-order valence-corrected chi connectivity index (χ1v) is 8.16. The first kappa shape index (κ1) is 16.8. The van der Waals surface area contributed by atoms with Crippen LogP contribution in [0.3, 0.4) is 0 Å². The van der Waals surface area contributed by atoms with Gasteiger partial charge in [0.05, 0.1) is 16.2 Å². The van der Waals surface area contributed by atoms with Crippen LogP contribution >= 0.6 is 11.8 Å². The minimum atomic E-state index is -1.03. The van der Waals surface area contributed by atoms with E-state index in [4.69, 9.17) is 5.11 Å². The number of nitrogens with one attached hydrogen (secondary N) is 1. The van der Waals surface area contributed by atoms with Crippen molar-refractivity contribution in [3.05, 3.63) is 64.1 Å². The minimum absolute atomic E-state index is 0.138. The molecule has 1 amide bonds. The maximum Gasteiger partial charge on any atom is 0.335 e. The molecule has 25 heavy (non-hydrogen) atoms. The van der Waals surface area contributed by atoms with Crippen LogP contribution in [-0.2, 0) is 4.79 Å². The van der Waals surface area contributed by atoms with Crippen LogP contribution in [0.1, 0.15) is 21.5 Å². The summed E-state index contributed by atoms with van der Waals surface area (Å²) < 4.78 is 0. The van der Waals surface area contributed by atoms with Crippen molar-refractivity contribution in [2.45, 2.75) is 6.92 Å². The number of phenolic OH excluding ortho intramolecular Hbond substituents is 1. The number of aliphatic imine (C=N–C) groups is 1. The summed E-state index contributed by atoms with van der Waals surface area (Å²) in [6.07, 6.45) is 1.70. The number of carboxylic acid groups (broad SMARTS) is 1. The zero-order chi connectivity index (χ0) is 18.0. The second kappa shape index (κ2) is 6.82. The number of carbonyl (C=O) groups is 2. The number of phenols is 1. The summed E-state index contributed by atoms with van der Waals surface area (Å²) in [6.45, 7) is 1.82. The van der Waals surface area contributed by atoms with E-state index in [-0.39, 0.29) is 17.2 Å². The summed E-state index contributed by atoms with van der Waals surface area (Å²) >= 11 is 1.18. The maximum absolute atomic E-state index is 12.1. The highest BCUT2D eigenvalue weighted by atomic mass is 32.2. The molecule has 3 rings (SSSR count). The van der Waals surface area contributed by atoms with Crippen molar-refractivity contribution < 1.29 is 19.8 Å². The van der Waals surface area contributed by atoms with E-state index in [1.54, 1.807) is 36.4 Å². The van der Waals surface area contributed by atoms with E-state index in [2.05, 4.69) is 10.3 Å². The molecule has 0 saturated carbocycles. The Bertz CT molecular complexity index is 917. The lowest BCUT2D eigenvalue weighted by molar-refractivity contribution is -0.115. The number of aryl methyl sites for hydroxylation is 1. The molecule has 2 aromatic rings. The van der Waals surface area contributed by atoms with E-state index >= 15 is 0 Å². The number of carbonyl (C=O) groups excluding carboxylic acids is 1. The molecule has 1 heterocycles. The fraction of sp³-hybridized carbons (Fsp3) is 0.0556. The molecule has 1 saturated heterocycles. The van der Waals surface area contributed by atoms with Crippen molar-refractivity contribution in [2.75, 3.05) is 0 Å². The Labute approximate surface area is 147 Å². The van der Waals surface area contributed by atoms with Crippen LogP contribution in [0.4, 0.5) is 5.69 Å². The summed E-state index contributed by atoms with van der Waals surface area (Å²) in [7, 11) is 0. The predicted octanol–water partition coefficient (Wildman–Crippen LogP) is 3.29. The molecule has 0 aromatic heterocycles. The molecule has 126 valence electrons. The topological polar surface area (TPSA) is 99.0 Å². The first-order chi connectivity index (χ1) is 11.9. The van der Waals surface area contributed by atoms with E-state index < -0.39 is 5.97 Å². The van der Waals surface area contributed by atoms with Gasteiger partial charge in [-0.05, 0) is 60.2 Å². The SMILES string of the molecule is Cc1ccc(C(=O)O)cc1N=C1NC(=O)/C(=C/c2ccc(O)cc2)S1. The highest BCUT2D eigenvalue weighted by Gasteiger charge is 2.24. The fourth-order valence-corrected chi connectivity index (χ4v) is 3.01. The van der Waals surface area contributed by atoms with Gasteiger partial charge in [-0.3, -0.25) is 4.79 Å². The first-order valence-electron chi connectivity index (χ1n) is 7.35. The summed E-state index contributed by atoms with van der Waals surface area (Å²) in [5.74, 6) is -1.15. The zero-order valence-corrected chi connectivity index (χ0v) is 14.0. The van der Waals surface area contributed by atoms with Crippen molar-refractivity contribution in [3.8, 4) is 5.75 Å². The van der Waals surface area contributed by atoms with Gasteiger partial charge in [-0.1, -0.05) is 18.2 Å². The van der Waals surface area contributed by atoms with Crippen molar-refractivity contribution in [1.82, 2.24) is 5.32 Å². The highest BCUT2D eigenvalue weighted by molar-refractivity contribution is 8.18. The average Bonchev–Trinajstić information content (AvgIpc) is 2.91. The van der Waals surface area contributed by atoms with E-state index in [1.165, 1.54) is 23.9 Å². The third-order valence-electron chi connectivity index (χ3n) is 3.52. The van der Waals surface area contributed by atoms with Gasteiger partial charge in [-0.15, -0.1) is 0 Å². The second-order valence-electron chi connectivity index (χ2n) is 5.38. The molecule has 6 nitrogen and oxygen atoms in total. The molecule has 0 unspecified atom stereocenters. The number of hydrogen-bond acceptors (Lipinski definition) is 5. The molecule has 0 bridgehead atoms. The number of rotatable bonds is 3. The van der Waals surface area contributed by atoms with Gasteiger partial charge in [0.25, 0.3) is 5.91 Å². The van der Waals surface area contributed by atoms with E-state index in [0.29, 0.717) is 15.8 Å². The Morgan fingerprint density at radius 1 is 1.20 bits per heavy atom. The fourth-order valence-electron chi connectivity index (χ4n) is 2.17. The Morgan fingerprint density at radius 2 is 1.92 bits per heavy atom. The predicted molar refractivity (Wildman–Crippen MR) is 97.1 cm³/mol. The lowest BCUT2D eigenvalue weighted by atomic mass is 10.1. The zero-order valence-electron chi connectivity index (χ0n) is 13.2. The van der Waals surface area contributed by atoms with E-state index in [0.717, 1.165) is 11.1 Å². The molecule has 0 aliphatic carbocycles. The standard InChI is InChI=1S/C18H14N2O4S/c1-10-2-5-12(17(23)24)9-14(10)19-18-20-16(22)15(25-18)8-11-3-6-13(21)7-4-11/h2-9,21H,1H3,(H,23,24)(H,19,20,22)/b15-8-. The number of aromatic carboxylic acids is 1. The molecule has 0 spiro atoms. The summed E-state index contributed by atoms with van der Waals surface area (Å²) in [4.78, 5) is 28.0. The Morgan fingerprint density at radius 3 is 2.60 bits per heavy atom. The lowest BCUT2D eigenvalue weighted by Crippen LogP contribution is -2.19. The van der Waals surface area contributed by atoms with Crippen LogP contribution in [0.25, 0.3) is 6.08 Å². The third kappa shape index (κ3) is 3.89. The number of aromatic hydroxyl groups is 1. The number of hydrogen-bond donors (Lipinski definition) is 3. The molecule has 3 N–H and O–H groups in total. The van der Waals surface area contributed by atoms with Crippen molar-refractivity contribution >= 4 is 40.6 Å². The molecule has 7 heteroatoms. The van der Waals surface area contributed by atoms with Gasteiger partial charge in [0, 0.05) is 0 Å². The number of thioether (sulfide) groups is 1. The van der Waals surface area contributed by atoms with Crippen LogP contribution < -0.4 is 5.32 Å². The quantitative estimate of drug-likeness (QED) is 0.735. The Balaban J connectivity index is 1.87. The minimum Gasteiger partial charge on any atom is -0.508 e. The van der Waals surface area contributed by atoms with Crippen LogP contribution in [0.2, 0.25) is 0 Å². The van der Waals surface area contributed by atoms with Crippen molar-refractivity contribution in [1.29, 1.82) is 0 Å². The number of nitrogens with zero attached hydrogens (tertiary/aromatic N) is 1. The lowest BCUT2D eigenvalue weighted by Gasteiger charge is -2.03. The van der Waals surface area contributed by atoms with Crippen LogP contribution in [0.15, 0.2) is 52.4 Å². The van der Waals surface area contributed by atoms with E-state index in [1.807, 2.05) is 6.92 Å². The molecule has 1 fully saturated rings. The van der Waals surface area contributed by atoms with Gasteiger partial charge in [0.2, 0.25) is 0 Å². The Kier molecular flexibility index (Phi) is 4.58. The molecule has 0 radical (unpaired) electrons. The van der Waals surface area contributed by atoms with Crippen molar-refractivity contribution in [2.24, 2.45) is 4.99 Å². The van der Waals surface area contributed by atoms with Gasteiger partial charge in [0.1, 0.15) is 5.75 Å². The smallest absolute Gasteiger partial charge is 0.335 e. The molecule has 0 atom stereocenters. The monoisotopic (exact) mass is 354 g/mol. The van der Waals surface area contributed by atoms with Gasteiger partial charge < -0.3 is 15.5 Å². The number of carboxylic acids is 1. The maximum atomic E-state index is 12.1. The van der Waals surface area contributed by atoms with Crippen LogP contribution in [0, 0.1) is 6.92 Å². The molecular formula is C18H14N2O4S. The molecule has 1 aliphatic rings. The average molecular weight is 354 g/mol. The number of amidine groups is 1. The summed E-state index contributed by atoms with van der Waals surface area (Å²) in [5, 5.41) is 21.4. The number of amides is 1. The van der Waals surface area contributed by atoms with Gasteiger partial charge in [-0.25, -0.2) is 9.79 Å². The molecule has 1 aliphatic heterocycles. The van der Waals surface area contributed by atoms with Gasteiger partial charge in [-0.2, -0.15) is 0 Å². The molecule has 2 aromatic carbocycles.